The van der Waals surface area contributed by atoms with E-state index in [0.29, 0.717) is 12.0 Å². The van der Waals surface area contributed by atoms with Gasteiger partial charge < -0.3 is 20.1 Å². The average molecular weight is 326 g/mol. The Balaban J connectivity index is 1.71. The normalized spacial score (nSPS) is 28.7. The lowest BCUT2D eigenvalue weighted by atomic mass is 9.85. The molecule has 2 N–H and O–H groups in total. The first-order valence-electron chi connectivity index (χ1n) is 8.68. The van der Waals surface area contributed by atoms with E-state index in [-0.39, 0.29) is 12.0 Å². The van der Waals surface area contributed by atoms with Gasteiger partial charge in [-0.15, -0.1) is 0 Å². The first-order valence-corrected chi connectivity index (χ1v) is 8.68. The van der Waals surface area contributed by atoms with Crippen molar-refractivity contribution in [1.82, 2.24) is 10.2 Å². The van der Waals surface area contributed by atoms with Crippen molar-refractivity contribution in [3.8, 4) is 0 Å². The van der Waals surface area contributed by atoms with E-state index in [1.165, 1.54) is 0 Å². The zero-order valence-corrected chi connectivity index (χ0v) is 14.5. The standard InChI is InChI=1S/C17H30N2O4/c1-17(2,3)23-16(22)19-8-7-12(11-19)10-18-14-6-4-5-13(9-14)15(20)21/h12-14,18H,4-11H2,1-3H3,(H,20,21). The number of aliphatic carboxylic acids is 1. The summed E-state index contributed by atoms with van der Waals surface area (Å²) in [5, 5.41) is 12.7. The molecule has 3 atom stereocenters. The van der Waals surface area contributed by atoms with E-state index in [1.807, 2.05) is 20.8 Å². The number of rotatable bonds is 4. The lowest BCUT2D eigenvalue weighted by molar-refractivity contribution is -0.143. The van der Waals surface area contributed by atoms with Gasteiger partial charge in [0.25, 0.3) is 0 Å². The highest BCUT2D eigenvalue weighted by atomic mass is 16.6. The van der Waals surface area contributed by atoms with Gasteiger partial charge >= 0.3 is 12.1 Å². The smallest absolute Gasteiger partial charge is 0.410 e. The monoisotopic (exact) mass is 326 g/mol. The second-order valence-corrected chi connectivity index (χ2v) is 7.89. The largest absolute Gasteiger partial charge is 0.481 e. The number of nitrogens with zero attached hydrogens (tertiary/aromatic N) is 1. The van der Waals surface area contributed by atoms with Gasteiger partial charge in [0.05, 0.1) is 5.92 Å². The topological polar surface area (TPSA) is 78.9 Å². The van der Waals surface area contributed by atoms with E-state index in [0.717, 1.165) is 51.7 Å². The van der Waals surface area contributed by atoms with Crippen molar-refractivity contribution in [3.63, 3.8) is 0 Å². The zero-order chi connectivity index (χ0) is 17.0. The second-order valence-electron chi connectivity index (χ2n) is 7.89. The molecule has 0 radical (unpaired) electrons. The highest BCUT2D eigenvalue weighted by Gasteiger charge is 2.31. The molecule has 23 heavy (non-hydrogen) atoms. The summed E-state index contributed by atoms with van der Waals surface area (Å²) in [6.45, 7) is 7.93. The molecule has 1 heterocycles. The third-order valence-corrected chi connectivity index (χ3v) is 4.66. The Bertz CT molecular complexity index is 433. The van der Waals surface area contributed by atoms with Gasteiger partial charge in [0, 0.05) is 19.1 Å². The van der Waals surface area contributed by atoms with E-state index < -0.39 is 11.6 Å². The number of likely N-dealkylation sites (tertiary alicyclic amines) is 1. The summed E-state index contributed by atoms with van der Waals surface area (Å²) >= 11 is 0. The highest BCUT2D eigenvalue weighted by molar-refractivity contribution is 5.70. The van der Waals surface area contributed by atoms with Gasteiger partial charge in [0.2, 0.25) is 0 Å². The lowest BCUT2D eigenvalue weighted by Crippen LogP contribution is -2.40. The predicted molar refractivity (Wildman–Crippen MR) is 87.3 cm³/mol. The Labute approximate surface area is 138 Å². The summed E-state index contributed by atoms with van der Waals surface area (Å²) in [6, 6.07) is 0.292. The van der Waals surface area contributed by atoms with Crippen LogP contribution in [0.1, 0.15) is 52.9 Å². The van der Waals surface area contributed by atoms with Crippen LogP contribution in [0.3, 0.4) is 0 Å². The number of ether oxygens (including phenoxy) is 1. The SMILES string of the molecule is CC(C)(C)OC(=O)N1CCC(CNC2CCCC(C(=O)O)C2)C1. The molecule has 2 rings (SSSR count). The zero-order valence-electron chi connectivity index (χ0n) is 14.5. The summed E-state index contributed by atoms with van der Waals surface area (Å²) in [4.78, 5) is 24.9. The number of carbonyl (C=O) groups is 2. The molecule has 0 spiro atoms. The third kappa shape index (κ3) is 5.68. The average Bonchev–Trinajstić information content (AvgIpc) is 2.92. The molecule has 2 fully saturated rings. The van der Waals surface area contributed by atoms with Gasteiger partial charge in [0.15, 0.2) is 0 Å². The van der Waals surface area contributed by atoms with Crippen molar-refractivity contribution in [2.75, 3.05) is 19.6 Å². The number of carboxylic acids is 1. The molecule has 1 amide bonds. The van der Waals surface area contributed by atoms with Crippen molar-refractivity contribution < 1.29 is 19.4 Å². The van der Waals surface area contributed by atoms with Crippen LogP contribution < -0.4 is 5.32 Å². The van der Waals surface area contributed by atoms with Crippen molar-refractivity contribution in [2.24, 2.45) is 11.8 Å². The number of carboxylic acid groups (broad SMARTS) is 1. The fourth-order valence-corrected chi connectivity index (χ4v) is 3.42. The molecule has 1 aliphatic carbocycles. The maximum atomic E-state index is 12.0. The Morgan fingerprint density at radius 3 is 2.65 bits per heavy atom. The molecule has 3 unspecified atom stereocenters. The van der Waals surface area contributed by atoms with Crippen molar-refractivity contribution in [1.29, 1.82) is 0 Å². The van der Waals surface area contributed by atoms with Crippen LogP contribution in [0.5, 0.6) is 0 Å². The first-order chi connectivity index (χ1) is 10.7. The number of amides is 1. The molecule has 1 aliphatic heterocycles. The van der Waals surface area contributed by atoms with Crippen molar-refractivity contribution in [2.45, 2.75) is 64.5 Å². The molecule has 132 valence electrons. The van der Waals surface area contributed by atoms with Gasteiger partial charge in [-0.25, -0.2) is 4.79 Å². The molecule has 2 aliphatic rings. The molecule has 0 aromatic rings. The Kier molecular flexibility index (Phi) is 5.89. The Morgan fingerprint density at radius 2 is 2.00 bits per heavy atom. The predicted octanol–water partition coefficient (Wildman–Crippen LogP) is 2.48. The summed E-state index contributed by atoms with van der Waals surface area (Å²) in [5.74, 6) is -0.454. The molecule has 6 nitrogen and oxygen atoms in total. The molecular weight excluding hydrogens is 296 g/mol. The quantitative estimate of drug-likeness (QED) is 0.830. The minimum atomic E-state index is -0.673. The van der Waals surface area contributed by atoms with Crippen LogP contribution in [-0.2, 0) is 9.53 Å². The molecular formula is C17H30N2O4. The fraction of sp³-hybridized carbons (Fsp3) is 0.882. The molecule has 1 saturated heterocycles. The van der Waals surface area contributed by atoms with Crippen LogP contribution in [0.2, 0.25) is 0 Å². The van der Waals surface area contributed by atoms with E-state index >= 15 is 0 Å². The van der Waals surface area contributed by atoms with Crippen LogP contribution >= 0.6 is 0 Å². The molecule has 0 aromatic carbocycles. The summed E-state index contributed by atoms with van der Waals surface area (Å²) < 4.78 is 5.41. The molecule has 0 aromatic heterocycles. The van der Waals surface area contributed by atoms with Crippen molar-refractivity contribution >= 4 is 12.1 Å². The van der Waals surface area contributed by atoms with Crippen LogP contribution in [0.4, 0.5) is 4.79 Å². The van der Waals surface area contributed by atoms with Crippen molar-refractivity contribution in [3.05, 3.63) is 0 Å². The maximum Gasteiger partial charge on any atom is 0.410 e. The second kappa shape index (κ2) is 7.51. The number of nitrogens with one attached hydrogen (secondary N) is 1. The van der Waals surface area contributed by atoms with Crippen LogP contribution in [0.25, 0.3) is 0 Å². The minimum absolute atomic E-state index is 0.205. The van der Waals surface area contributed by atoms with Crippen LogP contribution in [-0.4, -0.2) is 53.3 Å². The maximum absolute atomic E-state index is 12.0. The van der Waals surface area contributed by atoms with E-state index in [4.69, 9.17) is 9.84 Å². The fourth-order valence-electron chi connectivity index (χ4n) is 3.42. The molecule has 1 saturated carbocycles. The van der Waals surface area contributed by atoms with Gasteiger partial charge in [-0.05, 0) is 58.9 Å². The van der Waals surface area contributed by atoms with Gasteiger partial charge in [0.1, 0.15) is 5.60 Å². The number of hydrogen-bond acceptors (Lipinski definition) is 4. The van der Waals surface area contributed by atoms with Crippen LogP contribution in [0.15, 0.2) is 0 Å². The number of carbonyl (C=O) groups excluding carboxylic acids is 1. The van der Waals surface area contributed by atoms with Gasteiger partial charge in [-0.1, -0.05) is 6.42 Å². The van der Waals surface area contributed by atoms with Gasteiger partial charge in [-0.2, -0.15) is 0 Å². The Hall–Kier alpha value is -1.30. The Morgan fingerprint density at radius 1 is 1.26 bits per heavy atom. The van der Waals surface area contributed by atoms with E-state index in [9.17, 15) is 9.59 Å². The van der Waals surface area contributed by atoms with E-state index in [2.05, 4.69) is 5.32 Å². The third-order valence-electron chi connectivity index (χ3n) is 4.66. The molecule has 0 bridgehead atoms. The van der Waals surface area contributed by atoms with Gasteiger partial charge in [-0.3, -0.25) is 4.79 Å². The molecule has 6 heteroatoms. The summed E-state index contributed by atoms with van der Waals surface area (Å²) in [5.41, 5.74) is -0.457. The summed E-state index contributed by atoms with van der Waals surface area (Å²) in [6.07, 6.45) is 4.28. The lowest BCUT2D eigenvalue weighted by Gasteiger charge is -2.28. The minimum Gasteiger partial charge on any atom is -0.481 e. The first kappa shape index (κ1) is 18.0. The summed E-state index contributed by atoms with van der Waals surface area (Å²) in [7, 11) is 0. The highest BCUT2D eigenvalue weighted by Crippen LogP contribution is 2.25. The van der Waals surface area contributed by atoms with E-state index in [1.54, 1.807) is 4.90 Å². The van der Waals surface area contributed by atoms with Crippen LogP contribution in [0, 0.1) is 11.8 Å². The number of hydrogen-bond donors (Lipinski definition) is 2.